The zero-order valence-corrected chi connectivity index (χ0v) is 16.0. The van der Waals surface area contributed by atoms with E-state index in [-0.39, 0.29) is 18.4 Å². The van der Waals surface area contributed by atoms with Crippen LogP contribution in [0.15, 0.2) is 35.5 Å². The summed E-state index contributed by atoms with van der Waals surface area (Å²) < 4.78 is 17.0. The summed E-state index contributed by atoms with van der Waals surface area (Å²) in [5.41, 5.74) is -0.120. The van der Waals surface area contributed by atoms with Crippen molar-refractivity contribution in [1.29, 1.82) is 0 Å². The third-order valence-corrected chi connectivity index (χ3v) is 5.89. The highest BCUT2D eigenvalue weighted by Crippen LogP contribution is 2.48. The monoisotopic (exact) mass is 378 g/mol. The Hall–Kier alpha value is -1.96. The van der Waals surface area contributed by atoms with Crippen LogP contribution in [-0.4, -0.2) is 51.9 Å². The van der Waals surface area contributed by atoms with Gasteiger partial charge in [0.2, 0.25) is 0 Å². The molecule has 3 aliphatic rings. The van der Waals surface area contributed by atoms with Crippen LogP contribution in [0.5, 0.6) is 0 Å². The standard InChI is InChI=1S/C20H26O7/c1-6-10(2)17(22)26-14-8-19(5)15(21)9-20(24,27-19)11(3)7-13-16(14)12(4)18(23)25-13/h6-7,13-16,21,24H,4,8-9H2,1-3,5H3/b10-6-,11-7-/t13-,14-,15-,16+,19-,20+/m1/s1. The lowest BCUT2D eigenvalue weighted by Gasteiger charge is -2.34. The Morgan fingerprint density at radius 3 is 2.74 bits per heavy atom. The fourth-order valence-electron chi connectivity index (χ4n) is 3.94. The SMILES string of the molecule is C=C1C(=O)O[C@@H]2/C=C(/C)[C@]3(O)C[C@@H](O)[C@@](C)(C[C@@H](OC(=O)/C(C)=C\C)[C@@H]12)O3. The van der Waals surface area contributed by atoms with Crippen LogP contribution in [0.3, 0.4) is 0 Å². The molecule has 0 unspecified atom stereocenters. The molecule has 2 N–H and O–H groups in total. The largest absolute Gasteiger partial charge is 0.458 e. The molecule has 7 heteroatoms. The van der Waals surface area contributed by atoms with Gasteiger partial charge in [0.05, 0.1) is 17.6 Å². The zero-order chi connectivity index (χ0) is 20.1. The van der Waals surface area contributed by atoms with E-state index in [2.05, 4.69) is 6.58 Å². The summed E-state index contributed by atoms with van der Waals surface area (Å²) >= 11 is 0. The summed E-state index contributed by atoms with van der Waals surface area (Å²) in [6, 6.07) is 0. The van der Waals surface area contributed by atoms with Gasteiger partial charge in [0.25, 0.3) is 0 Å². The van der Waals surface area contributed by atoms with Crippen LogP contribution in [0.2, 0.25) is 0 Å². The van der Waals surface area contributed by atoms with Gasteiger partial charge in [0.15, 0.2) is 5.79 Å². The van der Waals surface area contributed by atoms with Gasteiger partial charge in [-0.05, 0) is 39.3 Å². The maximum Gasteiger partial charge on any atom is 0.334 e. The van der Waals surface area contributed by atoms with E-state index in [4.69, 9.17) is 14.2 Å². The summed E-state index contributed by atoms with van der Waals surface area (Å²) in [6.45, 7) is 10.5. The minimum absolute atomic E-state index is 0.0212. The van der Waals surface area contributed by atoms with Crippen molar-refractivity contribution in [3.63, 3.8) is 0 Å². The molecule has 6 atom stereocenters. The van der Waals surface area contributed by atoms with Gasteiger partial charge < -0.3 is 24.4 Å². The Labute approximate surface area is 158 Å². The number of esters is 2. The highest BCUT2D eigenvalue weighted by Gasteiger charge is 2.58. The first-order valence-electron chi connectivity index (χ1n) is 9.04. The quantitative estimate of drug-likeness (QED) is 0.427. The Bertz CT molecular complexity index is 751. The smallest absolute Gasteiger partial charge is 0.334 e. The number of aliphatic hydroxyl groups excluding tert-OH is 1. The lowest BCUT2D eigenvalue weighted by atomic mass is 9.80. The molecule has 0 amide bonds. The van der Waals surface area contributed by atoms with Gasteiger partial charge in [-0.15, -0.1) is 0 Å². The molecule has 0 radical (unpaired) electrons. The van der Waals surface area contributed by atoms with Gasteiger partial charge in [0.1, 0.15) is 12.2 Å². The number of hydrogen-bond donors (Lipinski definition) is 2. The van der Waals surface area contributed by atoms with E-state index in [0.29, 0.717) is 11.1 Å². The number of hydrogen-bond acceptors (Lipinski definition) is 7. The molecule has 0 aromatic rings. The molecule has 148 valence electrons. The summed E-state index contributed by atoms with van der Waals surface area (Å²) in [4.78, 5) is 24.5. The lowest BCUT2D eigenvalue weighted by molar-refractivity contribution is -0.208. The molecule has 0 spiro atoms. The van der Waals surface area contributed by atoms with Crippen LogP contribution in [-0.2, 0) is 23.8 Å². The molecule has 0 aromatic carbocycles. The van der Waals surface area contributed by atoms with Crippen molar-refractivity contribution in [2.24, 2.45) is 5.92 Å². The van der Waals surface area contributed by atoms with Crippen LogP contribution in [0, 0.1) is 5.92 Å². The number of fused-ring (bicyclic) bond motifs is 3. The summed E-state index contributed by atoms with van der Waals surface area (Å²) in [6.07, 6.45) is 0.753. The van der Waals surface area contributed by atoms with E-state index in [1.165, 1.54) is 0 Å². The van der Waals surface area contributed by atoms with Gasteiger partial charge in [-0.25, -0.2) is 9.59 Å². The molecule has 3 aliphatic heterocycles. The van der Waals surface area contributed by atoms with Crippen LogP contribution in [0.1, 0.15) is 40.5 Å². The van der Waals surface area contributed by atoms with Gasteiger partial charge in [-0.3, -0.25) is 0 Å². The second kappa shape index (κ2) is 6.58. The highest BCUT2D eigenvalue weighted by molar-refractivity contribution is 5.92. The topological polar surface area (TPSA) is 102 Å². The average molecular weight is 378 g/mol. The average Bonchev–Trinajstić information content (AvgIpc) is 2.99. The number of carbonyl (C=O) groups is 2. The van der Waals surface area contributed by atoms with Gasteiger partial charge in [-0.2, -0.15) is 0 Å². The van der Waals surface area contributed by atoms with E-state index in [1.54, 1.807) is 39.8 Å². The number of carbonyl (C=O) groups excluding carboxylic acids is 2. The van der Waals surface area contributed by atoms with Crippen LogP contribution < -0.4 is 0 Å². The molecule has 2 saturated heterocycles. The van der Waals surface area contributed by atoms with Crippen molar-refractivity contribution in [3.05, 3.63) is 35.5 Å². The van der Waals surface area contributed by atoms with Gasteiger partial charge >= 0.3 is 11.9 Å². The predicted octanol–water partition coefficient (Wildman–Crippen LogP) is 1.54. The number of allylic oxidation sites excluding steroid dienone is 1. The zero-order valence-electron chi connectivity index (χ0n) is 16.0. The summed E-state index contributed by atoms with van der Waals surface area (Å²) in [5, 5.41) is 21.4. The molecule has 0 aliphatic carbocycles. The van der Waals surface area contributed by atoms with Gasteiger partial charge in [0, 0.05) is 24.0 Å². The second-order valence-corrected chi connectivity index (χ2v) is 7.81. The Kier molecular flexibility index (Phi) is 4.82. The highest BCUT2D eigenvalue weighted by atomic mass is 16.7. The maximum absolute atomic E-state index is 12.4. The second-order valence-electron chi connectivity index (χ2n) is 7.81. The number of rotatable bonds is 2. The molecule has 2 fully saturated rings. The molecule has 0 saturated carbocycles. The summed E-state index contributed by atoms with van der Waals surface area (Å²) in [5.74, 6) is -3.39. The Morgan fingerprint density at radius 2 is 2.11 bits per heavy atom. The van der Waals surface area contributed by atoms with Crippen molar-refractivity contribution in [1.82, 2.24) is 0 Å². The Morgan fingerprint density at radius 1 is 1.44 bits per heavy atom. The first kappa shape index (κ1) is 19.8. The van der Waals surface area contributed by atoms with Crippen molar-refractivity contribution < 1.29 is 34.0 Å². The van der Waals surface area contributed by atoms with E-state index < -0.39 is 47.6 Å². The normalized spacial score (nSPS) is 43.8. The van der Waals surface area contributed by atoms with Crippen LogP contribution >= 0.6 is 0 Å². The molecule has 2 bridgehead atoms. The Balaban J connectivity index is 2.07. The molecule has 27 heavy (non-hydrogen) atoms. The van der Waals surface area contributed by atoms with E-state index >= 15 is 0 Å². The van der Waals surface area contributed by atoms with Crippen molar-refractivity contribution in [2.75, 3.05) is 0 Å². The van der Waals surface area contributed by atoms with Crippen LogP contribution in [0.4, 0.5) is 0 Å². The number of aliphatic hydroxyl groups is 2. The fourth-order valence-corrected chi connectivity index (χ4v) is 3.94. The lowest BCUT2D eigenvalue weighted by Crippen LogP contribution is -2.44. The molecular weight excluding hydrogens is 352 g/mol. The first-order valence-corrected chi connectivity index (χ1v) is 9.04. The summed E-state index contributed by atoms with van der Waals surface area (Å²) in [7, 11) is 0. The van der Waals surface area contributed by atoms with E-state index in [1.807, 2.05) is 0 Å². The van der Waals surface area contributed by atoms with Crippen molar-refractivity contribution >= 4 is 11.9 Å². The minimum Gasteiger partial charge on any atom is -0.458 e. The maximum atomic E-state index is 12.4. The fraction of sp³-hybridized carbons (Fsp3) is 0.600. The minimum atomic E-state index is -1.67. The number of ether oxygens (including phenoxy) is 3. The molecule has 3 rings (SSSR count). The molecule has 0 aromatic heterocycles. The van der Waals surface area contributed by atoms with Crippen LogP contribution in [0.25, 0.3) is 0 Å². The molecule has 7 nitrogen and oxygen atoms in total. The molecular formula is C20H26O7. The van der Waals surface area contributed by atoms with Crippen molar-refractivity contribution in [2.45, 2.75) is 70.2 Å². The third-order valence-electron chi connectivity index (χ3n) is 5.89. The van der Waals surface area contributed by atoms with E-state index in [9.17, 15) is 19.8 Å². The van der Waals surface area contributed by atoms with Gasteiger partial charge in [-0.1, -0.05) is 12.7 Å². The molecule has 3 heterocycles. The third kappa shape index (κ3) is 3.24. The van der Waals surface area contributed by atoms with Crippen molar-refractivity contribution in [3.8, 4) is 0 Å². The predicted molar refractivity (Wildman–Crippen MR) is 95.3 cm³/mol. The first-order chi connectivity index (χ1) is 12.5. The van der Waals surface area contributed by atoms with E-state index in [0.717, 1.165) is 0 Å².